The number of hydrogen-bond donors (Lipinski definition) is 0. The predicted octanol–water partition coefficient (Wildman–Crippen LogP) is 10.1. The zero-order valence-corrected chi connectivity index (χ0v) is 20.8. The molecule has 0 amide bonds. The minimum atomic E-state index is 1.24. The van der Waals surface area contributed by atoms with Gasteiger partial charge < -0.3 is 0 Å². The molecular weight excluding hydrogens is 400 g/mol. The maximum absolute atomic E-state index is 2.49. The molecule has 0 unspecified atom stereocenters. The van der Waals surface area contributed by atoms with E-state index >= 15 is 0 Å². The van der Waals surface area contributed by atoms with Crippen molar-refractivity contribution in [3.8, 4) is 0 Å². The van der Waals surface area contributed by atoms with Crippen LogP contribution in [0.3, 0.4) is 0 Å². The third kappa shape index (κ3) is 7.85. The summed E-state index contributed by atoms with van der Waals surface area (Å²) in [5.41, 5.74) is 6.24. The normalized spacial score (nSPS) is 17.3. The van der Waals surface area contributed by atoms with Crippen molar-refractivity contribution < 1.29 is 0 Å². The van der Waals surface area contributed by atoms with Crippen LogP contribution in [0.25, 0.3) is 12.2 Å². The van der Waals surface area contributed by atoms with Gasteiger partial charge in [-0.25, -0.2) is 0 Å². The summed E-state index contributed by atoms with van der Waals surface area (Å²) >= 11 is 3.86. The first-order valence-corrected chi connectivity index (χ1v) is 14.1. The standard InChI is InChI=1S/C28H40S2/c1-3-5-7-9-13-23-17-27(29-21-23)19-25-15-11-12-16-26(25)20-28-18-24(22-30-28)14-10-8-6-4-2/h17-22H,3-16H2,1-2H3. The minimum Gasteiger partial charge on any atom is -0.144 e. The summed E-state index contributed by atoms with van der Waals surface area (Å²) < 4.78 is 0. The Bertz CT molecular complexity index is 734. The molecule has 2 heteroatoms. The van der Waals surface area contributed by atoms with Gasteiger partial charge in [0.05, 0.1) is 0 Å². The Morgan fingerprint density at radius 3 is 1.57 bits per heavy atom. The molecule has 1 aliphatic carbocycles. The maximum Gasteiger partial charge on any atom is 0.0275 e. The van der Waals surface area contributed by atoms with Gasteiger partial charge in [0.15, 0.2) is 0 Å². The molecular formula is C28H40S2. The van der Waals surface area contributed by atoms with E-state index in [1.165, 1.54) is 111 Å². The molecule has 0 radical (unpaired) electrons. The largest absolute Gasteiger partial charge is 0.144 e. The van der Waals surface area contributed by atoms with Crippen LogP contribution in [0.4, 0.5) is 0 Å². The monoisotopic (exact) mass is 440 g/mol. The Labute approximate surface area is 193 Å². The van der Waals surface area contributed by atoms with E-state index in [-0.39, 0.29) is 0 Å². The van der Waals surface area contributed by atoms with Gasteiger partial charge in [-0.05, 0) is 109 Å². The van der Waals surface area contributed by atoms with Crippen molar-refractivity contribution in [1.82, 2.24) is 0 Å². The first kappa shape index (κ1) is 23.5. The molecule has 0 N–H and O–H groups in total. The van der Waals surface area contributed by atoms with Crippen LogP contribution in [0.5, 0.6) is 0 Å². The Morgan fingerprint density at radius 1 is 0.667 bits per heavy atom. The first-order valence-electron chi connectivity index (χ1n) is 12.3. The van der Waals surface area contributed by atoms with Crippen LogP contribution >= 0.6 is 22.7 Å². The molecule has 0 aliphatic heterocycles. The summed E-state index contributed by atoms with van der Waals surface area (Å²) in [6, 6.07) is 4.88. The van der Waals surface area contributed by atoms with Gasteiger partial charge in [-0.1, -0.05) is 52.4 Å². The average molecular weight is 441 g/mol. The van der Waals surface area contributed by atoms with Crippen molar-refractivity contribution in [3.05, 3.63) is 54.9 Å². The van der Waals surface area contributed by atoms with Gasteiger partial charge in [0.25, 0.3) is 0 Å². The summed E-state index contributed by atoms with van der Waals surface area (Å²) in [6.45, 7) is 4.57. The highest BCUT2D eigenvalue weighted by Gasteiger charge is 2.13. The molecule has 0 bridgehead atoms. The fourth-order valence-electron chi connectivity index (χ4n) is 4.34. The fourth-order valence-corrected chi connectivity index (χ4v) is 6.15. The molecule has 30 heavy (non-hydrogen) atoms. The highest BCUT2D eigenvalue weighted by atomic mass is 32.1. The molecule has 2 heterocycles. The lowest BCUT2D eigenvalue weighted by atomic mass is 9.88. The number of hydrogen-bond acceptors (Lipinski definition) is 2. The summed E-state index contributed by atoms with van der Waals surface area (Å²) in [6.07, 6.45) is 23.4. The van der Waals surface area contributed by atoms with Gasteiger partial charge in [0.2, 0.25) is 0 Å². The number of unbranched alkanes of at least 4 members (excludes halogenated alkanes) is 6. The second-order valence-electron chi connectivity index (χ2n) is 8.88. The molecule has 2 aromatic rings. The second-order valence-corrected chi connectivity index (χ2v) is 10.8. The van der Waals surface area contributed by atoms with Crippen molar-refractivity contribution >= 4 is 34.8 Å². The van der Waals surface area contributed by atoms with Crippen LogP contribution in [0.2, 0.25) is 0 Å². The van der Waals surface area contributed by atoms with Crippen LogP contribution in [-0.2, 0) is 12.8 Å². The molecule has 0 atom stereocenters. The van der Waals surface area contributed by atoms with E-state index in [2.05, 4.69) is 48.9 Å². The number of thiophene rings is 2. The van der Waals surface area contributed by atoms with E-state index in [0.29, 0.717) is 0 Å². The zero-order valence-electron chi connectivity index (χ0n) is 19.2. The van der Waals surface area contributed by atoms with Gasteiger partial charge in [-0.15, -0.1) is 22.7 Å². The van der Waals surface area contributed by atoms with Crippen molar-refractivity contribution in [2.75, 3.05) is 0 Å². The SMILES string of the molecule is CCCCCCc1csc(C=C2CCCCC2=Cc2cc(CCCCCC)cs2)c1. The topological polar surface area (TPSA) is 0 Å². The molecule has 3 rings (SSSR count). The lowest BCUT2D eigenvalue weighted by molar-refractivity contribution is 0.667. The molecule has 2 aromatic heterocycles. The van der Waals surface area contributed by atoms with Gasteiger partial charge in [-0.2, -0.15) is 0 Å². The van der Waals surface area contributed by atoms with E-state index in [1.54, 1.807) is 11.1 Å². The van der Waals surface area contributed by atoms with Crippen molar-refractivity contribution in [2.24, 2.45) is 0 Å². The minimum absolute atomic E-state index is 1.24. The quantitative estimate of drug-likeness (QED) is 0.288. The van der Waals surface area contributed by atoms with Gasteiger partial charge in [0.1, 0.15) is 0 Å². The summed E-state index contributed by atoms with van der Waals surface area (Å²) in [4.78, 5) is 2.90. The summed E-state index contributed by atoms with van der Waals surface area (Å²) in [5.74, 6) is 0. The summed E-state index contributed by atoms with van der Waals surface area (Å²) in [5, 5.41) is 4.77. The molecule has 1 fully saturated rings. The number of rotatable bonds is 12. The Hall–Kier alpha value is -1.12. The zero-order chi connectivity index (χ0) is 21.0. The lowest BCUT2D eigenvalue weighted by Gasteiger charge is -2.18. The Balaban J connectivity index is 1.62. The molecule has 164 valence electrons. The molecule has 1 aliphatic rings. The lowest BCUT2D eigenvalue weighted by Crippen LogP contribution is -1.98. The van der Waals surface area contributed by atoms with E-state index < -0.39 is 0 Å². The number of allylic oxidation sites excluding steroid dienone is 2. The van der Waals surface area contributed by atoms with E-state index in [9.17, 15) is 0 Å². The van der Waals surface area contributed by atoms with Crippen molar-refractivity contribution in [2.45, 2.75) is 104 Å². The molecule has 1 saturated carbocycles. The fraction of sp³-hybridized carbons (Fsp3) is 0.571. The molecule has 0 aromatic carbocycles. The average Bonchev–Trinajstić information content (AvgIpc) is 3.39. The highest BCUT2D eigenvalue weighted by molar-refractivity contribution is 7.11. The third-order valence-corrected chi connectivity index (χ3v) is 8.03. The third-order valence-electron chi connectivity index (χ3n) is 6.17. The Kier molecular flexibility index (Phi) is 10.5. The van der Waals surface area contributed by atoms with Crippen molar-refractivity contribution in [1.29, 1.82) is 0 Å². The maximum atomic E-state index is 2.49. The molecule has 0 nitrogen and oxygen atoms in total. The van der Waals surface area contributed by atoms with Crippen LogP contribution < -0.4 is 0 Å². The van der Waals surface area contributed by atoms with E-state index in [1.807, 2.05) is 22.7 Å². The highest BCUT2D eigenvalue weighted by Crippen LogP contribution is 2.34. The second kappa shape index (κ2) is 13.3. The van der Waals surface area contributed by atoms with E-state index in [0.717, 1.165) is 0 Å². The summed E-state index contributed by atoms with van der Waals surface area (Å²) in [7, 11) is 0. The van der Waals surface area contributed by atoms with E-state index in [4.69, 9.17) is 0 Å². The molecule has 0 spiro atoms. The molecule has 0 saturated heterocycles. The van der Waals surface area contributed by atoms with Crippen LogP contribution in [0, 0.1) is 0 Å². The first-order chi connectivity index (χ1) is 14.8. The van der Waals surface area contributed by atoms with Gasteiger partial charge in [0, 0.05) is 9.75 Å². The predicted molar refractivity (Wildman–Crippen MR) is 139 cm³/mol. The van der Waals surface area contributed by atoms with Crippen LogP contribution in [-0.4, -0.2) is 0 Å². The van der Waals surface area contributed by atoms with Gasteiger partial charge in [-0.3, -0.25) is 0 Å². The van der Waals surface area contributed by atoms with Crippen molar-refractivity contribution in [3.63, 3.8) is 0 Å². The smallest absolute Gasteiger partial charge is 0.0275 e. The van der Waals surface area contributed by atoms with Gasteiger partial charge >= 0.3 is 0 Å². The number of aryl methyl sites for hydroxylation is 2. The van der Waals surface area contributed by atoms with Crippen LogP contribution in [0.15, 0.2) is 34.0 Å². The Morgan fingerprint density at radius 2 is 1.13 bits per heavy atom. The van der Waals surface area contributed by atoms with Crippen LogP contribution in [0.1, 0.15) is 112 Å².